The zero-order valence-corrected chi connectivity index (χ0v) is 8.53. The lowest BCUT2D eigenvalue weighted by Crippen LogP contribution is -2.15. The van der Waals surface area contributed by atoms with Crippen LogP contribution in [0.2, 0.25) is 0 Å². The molecule has 0 saturated heterocycles. The van der Waals surface area contributed by atoms with E-state index < -0.39 is 11.6 Å². The van der Waals surface area contributed by atoms with E-state index in [4.69, 9.17) is 0 Å². The van der Waals surface area contributed by atoms with Crippen LogP contribution >= 0.6 is 0 Å². The van der Waals surface area contributed by atoms with Crippen molar-refractivity contribution in [2.24, 2.45) is 0 Å². The Balaban J connectivity index is 2.72. The van der Waals surface area contributed by atoms with Gasteiger partial charge in [0.05, 0.1) is 0 Å². The molecule has 1 aromatic rings. The molecule has 78 valence electrons. The quantitative estimate of drug-likeness (QED) is 0.735. The summed E-state index contributed by atoms with van der Waals surface area (Å²) in [6, 6.07) is 2.49. The van der Waals surface area contributed by atoms with E-state index in [9.17, 15) is 8.78 Å². The molecule has 0 fully saturated rings. The van der Waals surface area contributed by atoms with Gasteiger partial charge in [0.2, 0.25) is 0 Å². The highest BCUT2D eigenvalue weighted by Gasteiger charge is 2.06. The van der Waals surface area contributed by atoms with Gasteiger partial charge >= 0.3 is 0 Å². The van der Waals surface area contributed by atoms with Gasteiger partial charge in [-0.05, 0) is 31.5 Å². The summed E-state index contributed by atoms with van der Waals surface area (Å²) in [7, 11) is 0. The maximum absolute atomic E-state index is 13.2. The van der Waals surface area contributed by atoms with E-state index in [-0.39, 0.29) is 0 Å². The van der Waals surface area contributed by atoms with Crippen LogP contribution in [-0.4, -0.2) is 6.54 Å². The lowest BCUT2D eigenvalue weighted by atomic mass is 10.1. The topological polar surface area (TPSA) is 12.0 Å². The minimum atomic E-state index is -0.484. The van der Waals surface area contributed by atoms with Gasteiger partial charge in [-0.3, -0.25) is 0 Å². The first-order chi connectivity index (χ1) is 6.65. The van der Waals surface area contributed by atoms with Crippen molar-refractivity contribution in [1.82, 2.24) is 5.32 Å². The van der Waals surface area contributed by atoms with E-state index in [1.54, 1.807) is 13.0 Å². The molecule has 0 bridgehead atoms. The number of aryl methyl sites for hydroxylation is 1. The zero-order valence-electron chi connectivity index (χ0n) is 8.53. The van der Waals surface area contributed by atoms with Crippen molar-refractivity contribution >= 4 is 0 Å². The second-order valence-electron chi connectivity index (χ2n) is 3.37. The van der Waals surface area contributed by atoms with Crippen LogP contribution in [0, 0.1) is 18.6 Å². The first kappa shape index (κ1) is 11.1. The molecule has 0 atom stereocenters. The van der Waals surface area contributed by atoms with Gasteiger partial charge in [-0.1, -0.05) is 6.92 Å². The Bertz CT molecular complexity index is 310. The van der Waals surface area contributed by atoms with E-state index in [0.29, 0.717) is 17.7 Å². The summed E-state index contributed by atoms with van der Waals surface area (Å²) in [6.45, 7) is 4.98. The van der Waals surface area contributed by atoms with Gasteiger partial charge in [-0.2, -0.15) is 0 Å². The summed E-state index contributed by atoms with van der Waals surface area (Å²) in [5.41, 5.74) is 1.01. The average molecular weight is 199 g/mol. The Morgan fingerprint density at radius 2 is 1.93 bits per heavy atom. The number of rotatable bonds is 4. The first-order valence-corrected chi connectivity index (χ1v) is 4.80. The molecule has 1 nitrogen and oxygen atoms in total. The Morgan fingerprint density at radius 3 is 2.57 bits per heavy atom. The lowest BCUT2D eigenvalue weighted by molar-refractivity contribution is 0.555. The smallest absolute Gasteiger partial charge is 0.130 e. The van der Waals surface area contributed by atoms with Gasteiger partial charge in [-0.25, -0.2) is 8.78 Å². The van der Waals surface area contributed by atoms with Crippen LogP contribution in [0.15, 0.2) is 12.1 Å². The van der Waals surface area contributed by atoms with Gasteiger partial charge in [0.15, 0.2) is 0 Å². The van der Waals surface area contributed by atoms with Crippen LogP contribution in [0.1, 0.15) is 24.5 Å². The van der Waals surface area contributed by atoms with Crippen LogP contribution in [0.25, 0.3) is 0 Å². The molecule has 0 heterocycles. The molecule has 14 heavy (non-hydrogen) atoms. The normalized spacial score (nSPS) is 10.6. The van der Waals surface area contributed by atoms with E-state index >= 15 is 0 Å². The second-order valence-corrected chi connectivity index (χ2v) is 3.37. The summed E-state index contributed by atoms with van der Waals surface area (Å²) in [4.78, 5) is 0. The van der Waals surface area contributed by atoms with Crippen molar-refractivity contribution in [3.63, 3.8) is 0 Å². The number of halogens is 2. The van der Waals surface area contributed by atoms with Crippen LogP contribution in [0.3, 0.4) is 0 Å². The van der Waals surface area contributed by atoms with E-state index in [1.807, 2.05) is 6.92 Å². The minimum absolute atomic E-state index is 0.459. The molecular formula is C11H15F2N. The molecule has 1 aromatic carbocycles. The predicted octanol–water partition coefficient (Wildman–Crippen LogP) is 2.77. The Morgan fingerprint density at radius 1 is 1.21 bits per heavy atom. The first-order valence-electron chi connectivity index (χ1n) is 4.80. The van der Waals surface area contributed by atoms with Crippen LogP contribution in [0.5, 0.6) is 0 Å². The molecule has 0 aliphatic heterocycles. The summed E-state index contributed by atoms with van der Waals surface area (Å²) in [5, 5.41) is 3.08. The molecule has 0 saturated carbocycles. The van der Waals surface area contributed by atoms with Crippen molar-refractivity contribution in [2.45, 2.75) is 26.8 Å². The number of benzene rings is 1. The fourth-order valence-corrected chi connectivity index (χ4v) is 1.25. The van der Waals surface area contributed by atoms with Crippen molar-refractivity contribution in [3.8, 4) is 0 Å². The van der Waals surface area contributed by atoms with E-state index in [1.165, 1.54) is 0 Å². The molecule has 0 amide bonds. The second kappa shape index (κ2) is 5.05. The molecule has 0 spiro atoms. The predicted molar refractivity (Wildman–Crippen MR) is 53.1 cm³/mol. The fourth-order valence-electron chi connectivity index (χ4n) is 1.25. The molecular weight excluding hydrogens is 184 g/mol. The third-order valence-electron chi connectivity index (χ3n) is 2.07. The van der Waals surface area contributed by atoms with Crippen LogP contribution < -0.4 is 5.32 Å². The van der Waals surface area contributed by atoms with Crippen molar-refractivity contribution in [1.29, 1.82) is 0 Å². The number of hydrogen-bond donors (Lipinski definition) is 1. The highest BCUT2D eigenvalue weighted by Crippen LogP contribution is 2.13. The highest BCUT2D eigenvalue weighted by atomic mass is 19.1. The van der Waals surface area contributed by atoms with E-state index in [2.05, 4.69) is 5.32 Å². The third-order valence-corrected chi connectivity index (χ3v) is 2.07. The van der Waals surface area contributed by atoms with Gasteiger partial charge in [0.25, 0.3) is 0 Å². The molecule has 0 radical (unpaired) electrons. The molecule has 3 heteroatoms. The van der Waals surface area contributed by atoms with Crippen molar-refractivity contribution in [3.05, 3.63) is 34.9 Å². The molecule has 0 aromatic heterocycles. The molecule has 1 rings (SSSR count). The van der Waals surface area contributed by atoms with Crippen LogP contribution in [0.4, 0.5) is 8.78 Å². The van der Waals surface area contributed by atoms with E-state index in [0.717, 1.165) is 19.0 Å². The monoisotopic (exact) mass is 199 g/mol. The number of hydrogen-bond acceptors (Lipinski definition) is 1. The van der Waals surface area contributed by atoms with Crippen molar-refractivity contribution < 1.29 is 8.78 Å². The summed E-state index contributed by atoms with van der Waals surface area (Å²) < 4.78 is 26.1. The molecule has 0 aliphatic carbocycles. The third kappa shape index (κ3) is 2.77. The molecule has 0 aliphatic rings. The van der Waals surface area contributed by atoms with Gasteiger partial charge in [0.1, 0.15) is 11.6 Å². The maximum atomic E-state index is 13.2. The summed E-state index contributed by atoms with van der Waals surface area (Å²) in [5.74, 6) is -0.960. The van der Waals surface area contributed by atoms with Gasteiger partial charge in [0, 0.05) is 18.2 Å². The molecule has 1 N–H and O–H groups in total. The maximum Gasteiger partial charge on any atom is 0.130 e. The zero-order chi connectivity index (χ0) is 10.6. The Hall–Kier alpha value is -0.960. The summed E-state index contributed by atoms with van der Waals surface area (Å²) in [6.07, 6.45) is 1.00. The Kier molecular flexibility index (Phi) is 4.01. The SMILES string of the molecule is CCCNCc1cc(C)c(F)cc1F. The summed E-state index contributed by atoms with van der Waals surface area (Å²) >= 11 is 0. The molecule has 0 unspecified atom stereocenters. The average Bonchev–Trinajstić information content (AvgIpc) is 2.14. The minimum Gasteiger partial charge on any atom is -0.313 e. The van der Waals surface area contributed by atoms with Gasteiger partial charge in [-0.15, -0.1) is 0 Å². The van der Waals surface area contributed by atoms with Crippen LogP contribution in [-0.2, 0) is 6.54 Å². The largest absolute Gasteiger partial charge is 0.313 e. The Labute approximate surface area is 83.1 Å². The van der Waals surface area contributed by atoms with Crippen molar-refractivity contribution in [2.75, 3.05) is 6.54 Å². The number of nitrogens with one attached hydrogen (secondary N) is 1. The standard InChI is InChI=1S/C11H15F2N/c1-3-4-14-7-9-5-8(2)10(12)6-11(9)13/h5-6,14H,3-4,7H2,1-2H3. The fraction of sp³-hybridized carbons (Fsp3) is 0.455. The highest BCUT2D eigenvalue weighted by molar-refractivity contribution is 5.25. The lowest BCUT2D eigenvalue weighted by Gasteiger charge is -2.06. The van der Waals surface area contributed by atoms with Gasteiger partial charge < -0.3 is 5.32 Å².